The summed E-state index contributed by atoms with van der Waals surface area (Å²) >= 11 is 0. The zero-order valence-corrected chi connectivity index (χ0v) is 22.4. The average Bonchev–Trinajstić information content (AvgIpc) is 2.75. The first kappa shape index (κ1) is 28.0. The molecule has 33 heavy (non-hydrogen) atoms. The van der Waals surface area contributed by atoms with Crippen LogP contribution in [-0.2, 0) is 16.5 Å². The summed E-state index contributed by atoms with van der Waals surface area (Å²) in [6, 6.07) is 0. The fraction of sp³-hybridized carbons (Fsp3) is 0.778. The molecule has 0 saturated carbocycles. The maximum absolute atomic E-state index is 10.8. The molecule has 1 unspecified atom stereocenters. The first-order chi connectivity index (χ1) is 15.6. The lowest BCUT2D eigenvalue weighted by Gasteiger charge is -2.38. The molecule has 0 aliphatic carbocycles. The van der Waals surface area contributed by atoms with Crippen LogP contribution in [0.15, 0.2) is 0 Å². The maximum Gasteiger partial charge on any atom is 0.264 e. The van der Waals surface area contributed by atoms with Crippen molar-refractivity contribution in [3.05, 3.63) is 22.3 Å². The van der Waals surface area contributed by atoms with E-state index in [4.69, 9.17) is 14.0 Å². The molecule has 6 heteroatoms. The van der Waals surface area contributed by atoms with E-state index < -0.39 is 10.1 Å². The van der Waals surface area contributed by atoms with Gasteiger partial charge in [-0.15, -0.1) is 0 Å². The Bertz CT molecular complexity index is 862. The Morgan fingerprint density at radius 3 is 2.21 bits per heavy atom. The van der Waals surface area contributed by atoms with Gasteiger partial charge in [0.2, 0.25) is 0 Å². The van der Waals surface area contributed by atoms with Gasteiger partial charge in [-0.25, -0.2) is 0 Å². The highest BCUT2D eigenvalue weighted by Crippen LogP contribution is 2.45. The second-order valence-corrected chi connectivity index (χ2v) is 11.7. The van der Waals surface area contributed by atoms with Crippen molar-refractivity contribution in [3.8, 4) is 11.5 Å². The monoisotopic (exact) mass is 482 g/mol. The van der Waals surface area contributed by atoms with Crippen molar-refractivity contribution < 1.29 is 22.4 Å². The molecule has 5 nitrogen and oxygen atoms in total. The molecule has 0 fully saturated rings. The van der Waals surface area contributed by atoms with Gasteiger partial charge in [-0.2, -0.15) is 8.42 Å². The Labute approximate surface area is 202 Å². The number of fused-ring (bicyclic) bond motifs is 1. The number of hydrogen-bond acceptors (Lipinski definition) is 4. The fourth-order valence-corrected chi connectivity index (χ4v) is 5.44. The van der Waals surface area contributed by atoms with Gasteiger partial charge in [-0.05, 0) is 89.3 Å². The Morgan fingerprint density at radius 2 is 1.55 bits per heavy atom. The molecule has 0 saturated heterocycles. The van der Waals surface area contributed by atoms with Gasteiger partial charge >= 0.3 is 0 Å². The van der Waals surface area contributed by atoms with Gasteiger partial charge in [0, 0.05) is 5.56 Å². The number of unbranched alkanes of at least 4 members (excludes halogenated alkanes) is 8. The third-order valence-electron chi connectivity index (χ3n) is 7.17. The molecule has 1 aromatic carbocycles. The van der Waals surface area contributed by atoms with Crippen LogP contribution < -0.4 is 9.47 Å². The summed E-state index contributed by atoms with van der Waals surface area (Å²) in [5.41, 5.74) is 4.66. The van der Waals surface area contributed by atoms with Gasteiger partial charge in [0.15, 0.2) is 0 Å². The third kappa shape index (κ3) is 8.79. The summed E-state index contributed by atoms with van der Waals surface area (Å²) < 4.78 is 43.3. The quantitative estimate of drug-likeness (QED) is 0.210. The lowest BCUT2D eigenvalue weighted by Crippen LogP contribution is -2.37. The fourth-order valence-electron chi connectivity index (χ4n) is 4.87. The molecule has 1 atom stereocenters. The minimum Gasteiger partial charge on any atom is -0.493 e. The highest BCUT2D eigenvalue weighted by Gasteiger charge is 2.34. The number of ether oxygens (including phenoxy) is 2. The van der Waals surface area contributed by atoms with E-state index in [2.05, 4.69) is 34.6 Å². The van der Waals surface area contributed by atoms with Gasteiger partial charge in [0.25, 0.3) is 10.1 Å². The second-order valence-electron chi connectivity index (χ2n) is 10.1. The zero-order valence-electron chi connectivity index (χ0n) is 21.6. The van der Waals surface area contributed by atoms with Crippen LogP contribution in [0, 0.1) is 20.8 Å². The molecule has 0 amide bonds. The number of benzene rings is 1. The SMILES string of the molecule is CCCCCCCCCC1(C)CCc2c(C)c(OCCCCCS(=O)(=O)O)c(C)c(C)c2O1. The van der Waals surface area contributed by atoms with E-state index in [0.717, 1.165) is 42.7 Å². The molecule has 1 aliphatic rings. The predicted molar refractivity (Wildman–Crippen MR) is 136 cm³/mol. The van der Waals surface area contributed by atoms with E-state index >= 15 is 0 Å². The lowest BCUT2D eigenvalue weighted by molar-refractivity contribution is 0.0521. The van der Waals surface area contributed by atoms with Crippen LogP contribution in [-0.4, -0.2) is 30.9 Å². The molecule has 0 spiro atoms. The van der Waals surface area contributed by atoms with Crippen molar-refractivity contribution in [1.29, 1.82) is 0 Å². The molecule has 1 heterocycles. The van der Waals surface area contributed by atoms with Crippen LogP contribution in [0.2, 0.25) is 0 Å². The van der Waals surface area contributed by atoms with Crippen LogP contribution in [0.1, 0.15) is 113 Å². The molecule has 1 aliphatic heterocycles. The molecular weight excluding hydrogens is 436 g/mol. The van der Waals surface area contributed by atoms with E-state index in [0.29, 0.717) is 19.4 Å². The van der Waals surface area contributed by atoms with Gasteiger partial charge in [-0.1, -0.05) is 45.4 Å². The predicted octanol–water partition coefficient (Wildman–Crippen LogP) is 7.27. The van der Waals surface area contributed by atoms with E-state index in [9.17, 15) is 8.42 Å². The normalized spacial score (nSPS) is 18.1. The van der Waals surface area contributed by atoms with E-state index in [-0.39, 0.29) is 11.4 Å². The maximum atomic E-state index is 10.8. The standard InChI is InChI=1S/C27H46O5S/c1-6-7-8-9-10-11-13-17-27(5)18-16-24-23(4)25(21(2)22(3)26(24)32-27)31-19-14-12-15-20-33(28,29)30/h6-20H2,1-5H3,(H,28,29,30). The zero-order chi connectivity index (χ0) is 24.5. The van der Waals surface area contributed by atoms with Crippen molar-refractivity contribution in [2.75, 3.05) is 12.4 Å². The molecule has 0 aromatic heterocycles. The molecule has 1 aromatic rings. The Morgan fingerprint density at radius 1 is 0.909 bits per heavy atom. The minimum atomic E-state index is -3.87. The highest BCUT2D eigenvalue weighted by atomic mass is 32.2. The molecule has 190 valence electrons. The van der Waals surface area contributed by atoms with Gasteiger partial charge in [-0.3, -0.25) is 4.55 Å². The van der Waals surface area contributed by atoms with Crippen molar-refractivity contribution in [2.45, 2.75) is 124 Å². The van der Waals surface area contributed by atoms with E-state index in [1.165, 1.54) is 61.6 Å². The van der Waals surface area contributed by atoms with Crippen molar-refractivity contribution >= 4 is 10.1 Å². The van der Waals surface area contributed by atoms with E-state index in [1.807, 2.05) is 0 Å². The van der Waals surface area contributed by atoms with E-state index in [1.54, 1.807) is 0 Å². The van der Waals surface area contributed by atoms with Crippen LogP contribution >= 0.6 is 0 Å². The summed E-state index contributed by atoms with van der Waals surface area (Å²) in [5.74, 6) is 1.82. The lowest BCUT2D eigenvalue weighted by atomic mass is 9.84. The molecule has 2 rings (SSSR count). The minimum absolute atomic E-state index is 0.0878. The second kappa shape index (κ2) is 13.0. The van der Waals surface area contributed by atoms with Gasteiger partial charge < -0.3 is 9.47 Å². The smallest absolute Gasteiger partial charge is 0.264 e. The molecular formula is C27H46O5S. The van der Waals surface area contributed by atoms with Gasteiger partial charge in [0.05, 0.1) is 12.4 Å². The largest absolute Gasteiger partial charge is 0.493 e. The summed E-state index contributed by atoms with van der Waals surface area (Å²) in [6.07, 6.45) is 14.3. The number of rotatable bonds is 15. The summed E-state index contributed by atoms with van der Waals surface area (Å²) in [6.45, 7) is 11.4. The summed E-state index contributed by atoms with van der Waals surface area (Å²) in [7, 11) is -3.87. The average molecular weight is 483 g/mol. The topological polar surface area (TPSA) is 72.8 Å². The first-order valence-corrected chi connectivity index (χ1v) is 14.6. The first-order valence-electron chi connectivity index (χ1n) is 13.0. The van der Waals surface area contributed by atoms with Crippen LogP contribution in [0.4, 0.5) is 0 Å². The molecule has 0 radical (unpaired) electrons. The molecule has 1 N–H and O–H groups in total. The highest BCUT2D eigenvalue weighted by molar-refractivity contribution is 7.85. The Balaban J connectivity index is 1.92. The van der Waals surface area contributed by atoms with Crippen molar-refractivity contribution in [2.24, 2.45) is 0 Å². The van der Waals surface area contributed by atoms with Crippen molar-refractivity contribution in [3.63, 3.8) is 0 Å². The molecule has 0 bridgehead atoms. The van der Waals surface area contributed by atoms with Gasteiger partial charge in [0.1, 0.15) is 17.1 Å². The summed E-state index contributed by atoms with van der Waals surface area (Å²) in [4.78, 5) is 0. The Hall–Kier alpha value is -1.27. The summed E-state index contributed by atoms with van der Waals surface area (Å²) in [5, 5.41) is 0. The van der Waals surface area contributed by atoms with Crippen LogP contribution in [0.3, 0.4) is 0 Å². The van der Waals surface area contributed by atoms with Crippen LogP contribution in [0.5, 0.6) is 11.5 Å². The van der Waals surface area contributed by atoms with Crippen LogP contribution in [0.25, 0.3) is 0 Å². The number of hydrogen-bond donors (Lipinski definition) is 1. The van der Waals surface area contributed by atoms with Crippen molar-refractivity contribution in [1.82, 2.24) is 0 Å². The third-order valence-corrected chi connectivity index (χ3v) is 7.97. The Kier molecular flexibility index (Phi) is 11.0.